The maximum atomic E-state index is 11.2. The number of amides is 3. The molecule has 0 radical (unpaired) electrons. The molecule has 0 spiro atoms. The number of hydrogen-bond acceptors (Lipinski definition) is 5. The average Bonchev–Trinajstić information content (AvgIpc) is 2.36. The van der Waals surface area contributed by atoms with Crippen molar-refractivity contribution in [3.63, 3.8) is 0 Å². The first-order valence-electron chi connectivity index (χ1n) is 5.57. The molecule has 0 atom stereocenters. The van der Waals surface area contributed by atoms with Crippen molar-refractivity contribution in [1.82, 2.24) is 16.0 Å². The normalized spacial score (nSPS) is 9.53. The van der Waals surface area contributed by atoms with E-state index in [2.05, 4.69) is 28.2 Å². The van der Waals surface area contributed by atoms with Crippen LogP contribution in [0.2, 0.25) is 0 Å². The molecule has 5 N–H and O–H groups in total. The molecule has 0 aromatic heterocycles. The standard InChI is InChI=1S/C10H18N4O4S/c1-18-5-4-12-8(15)2-3-13-9(16)10(17)14-6-7(11)19/h2-6H2,1H3,(H2,11,19)(H,12,15)(H,13,16)(H,14,17). The molecule has 0 unspecified atom stereocenters. The number of nitrogens with two attached hydrogens (primary N) is 1. The molecule has 0 rings (SSSR count). The van der Waals surface area contributed by atoms with Crippen molar-refractivity contribution in [2.24, 2.45) is 5.73 Å². The Morgan fingerprint density at radius 1 is 1.11 bits per heavy atom. The molecule has 0 saturated carbocycles. The number of rotatable bonds is 8. The highest BCUT2D eigenvalue weighted by molar-refractivity contribution is 7.80. The molecular weight excluding hydrogens is 272 g/mol. The summed E-state index contributed by atoms with van der Waals surface area (Å²) < 4.78 is 4.75. The van der Waals surface area contributed by atoms with Crippen LogP contribution in [0, 0.1) is 0 Å². The lowest BCUT2D eigenvalue weighted by Gasteiger charge is -2.06. The molecule has 0 saturated heterocycles. The maximum absolute atomic E-state index is 11.2. The molecule has 8 nitrogen and oxygen atoms in total. The molecular formula is C10H18N4O4S. The first-order chi connectivity index (χ1) is 8.97. The summed E-state index contributed by atoms with van der Waals surface area (Å²) >= 11 is 4.54. The smallest absolute Gasteiger partial charge is 0.309 e. The average molecular weight is 290 g/mol. The molecule has 9 heteroatoms. The van der Waals surface area contributed by atoms with Crippen molar-refractivity contribution < 1.29 is 19.1 Å². The van der Waals surface area contributed by atoms with Gasteiger partial charge in [0.05, 0.1) is 18.1 Å². The number of thiocarbonyl (C=S) groups is 1. The molecule has 0 aromatic rings. The zero-order valence-electron chi connectivity index (χ0n) is 10.7. The van der Waals surface area contributed by atoms with Gasteiger partial charge in [-0.3, -0.25) is 14.4 Å². The van der Waals surface area contributed by atoms with Crippen LogP contribution in [0.4, 0.5) is 0 Å². The van der Waals surface area contributed by atoms with Gasteiger partial charge in [0.25, 0.3) is 0 Å². The number of ether oxygens (including phenoxy) is 1. The molecule has 0 bridgehead atoms. The number of carbonyl (C=O) groups is 3. The minimum absolute atomic E-state index is 0.0426. The number of nitrogens with one attached hydrogen (secondary N) is 3. The molecule has 0 aliphatic rings. The number of hydrogen-bond donors (Lipinski definition) is 4. The summed E-state index contributed by atoms with van der Waals surface area (Å²) in [4.78, 5) is 33.7. The van der Waals surface area contributed by atoms with Gasteiger partial charge in [-0.15, -0.1) is 0 Å². The van der Waals surface area contributed by atoms with Gasteiger partial charge in [0.2, 0.25) is 5.91 Å². The van der Waals surface area contributed by atoms with Crippen molar-refractivity contribution in [3.8, 4) is 0 Å². The van der Waals surface area contributed by atoms with Gasteiger partial charge in [-0.25, -0.2) is 0 Å². The predicted octanol–water partition coefficient (Wildman–Crippen LogP) is -2.34. The van der Waals surface area contributed by atoms with Gasteiger partial charge >= 0.3 is 11.8 Å². The van der Waals surface area contributed by atoms with Gasteiger partial charge in [0.1, 0.15) is 0 Å². The van der Waals surface area contributed by atoms with Crippen molar-refractivity contribution in [1.29, 1.82) is 0 Å². The Bertz CT molecular complexity index is 348. The Morgan fingerprint density at radius 2 is 1.74 bits per heavy atom. The molecule has 108 valence electrons. The van der Waals surface area contributed by atoms with Crippen molar-refractivity contribution in [3.05, 3.63) is 0 Å². The van der Waals surface area contributed by atoms with E-state index < -0.39 is 11.8 Å². The summed E-state index contributed by atoms with van der Waals surface area (Å²) in [6.07, 6.45) is 0.0814. The van der Waals surface area contributed by atoms with E-state index in [1.165, 1.54) is 7.11 Å². The highest BCUT2D eigenvalue weighted by Crippen LogP contribution is 1.79. The number of carbonyl (C=O) groups excluding carboxylic acids is 3. The van der Waals surface area contributed by atoms with Gasteiger partial charge in [-0.05, 0) is 0 Å². The van der Waals surface area contributed by atoms with E-state index in [1.54, 1.807) is 0 Å². The molecule has 0 heterocycles. The van der Waals surface area contributed by atoms with Crippen molar-refractivity contribution in [2.75, 3.05) is 33.4 Å². The second-order valence-electron chi connectivity index (χ2n) is 3.50. The highest BCUT2D eigenvalue weighted by Gasteiger charge is 2.12. The van der Waals surface area contributed by atoms with Crippen LogP contribution in [0.5, 0.6) is 0 Å². The van der Waals surface area contributed by atoms with Gasteiger partial charge in [-0.2, -0.15) is 0 Å². The van der Waals surface area contributed by atoms with Crippen LogP contribution in [0.3, 0.4) is 0 Å². The molecule has 19 heavy (non-hydrogen) atoms. The van der Waals surface area contributed by atoms with Crippen LogP contribution >= 0.6 is 12.2 Å². The fourth-order valence-corrected chi connectivity index (χ4v) is 1.07. The Hall–Kier alpha value is -1.74. The summed E-state index contributed by atoms with van der Waals surface area (Å²) in [5.41, 5.74) is 5.16. The quantitative estimate of drug-likeness (QED) is 0.226. The largest absolute Gasteiger partial charge is 0.392 e. The van der Waals surface area contributed by atoms with Crippen LogP contribution in [-0.2, 0) is 19.1 Å². The van der Waals surface area contributed by atoms with E-state index in [9.17, 15) is 14.4 Å². The Morgan fingerprint density at radius 3 is 2.32 bits per heavy atom. The molecule has 0 fully saturated rings. The van der Waals surface area contributed by atoms with E-state index >= 15 is 0 Å². The lowest BCUT2D eigenvalue weighted by Crippen LogP contribution is -2.43. The van der Waals surface area contributed by atoms with Gasteiger partial charge < -0.3 is 26.4 Å². The van der Waals surface area contributed by atoms with E-state index in [0.717, 1.165) is 0 Å². The third-order valence-corrected chi connectivity index (χ3v) is 2.04. The second-order valence-corrected chi connectivity index (χ2v) is 4.02. The summed E-state index contributed by atoms with van der Waals surface area (Å²) in [7, 11) is 1.53. The Kier molecular flexibility index (Phi) is 9.27. The lowest BCUT2D eigenvalue weighted by molar-refractivity contribution is -0.139. The van der Waals surface area contributed by atoms with Crippen molar-refractivity contribution in [2.45, 2.75) is 6.42 Å². The van der Waals surface area contributed by atoms with Gasteiger partial charge in [0, 0.05) is 26.6 Å². The zero-order chi connectivity index (χ0) is 14.7. The Balaban J connectivity index is 3.70. The highest BCUT2D eigenvalue weighted by atomic mass is 32.1. The maximum Gasteiger partial charge on any atom is 0.309 e. The van der Waals surface area contributed by atoms with Crippen LogP contribution in [0.1, 0.15) is 6.42 Å². The summed E-state index contributed by atoms with van der Waals surface area (Å²) in [6, 6.07) is 0. The Labute approximate surface area is 116 Å². The van der Waals surface area contributed by atoms with E-state index in [1.807, 2.05) is 0 Å². The topological polar surface area (TPSA) is 123 Å². The number of methoxy groups -OCH3 is 1. The van der Waals surface area contributed by atoms with Gasteiger partial charge in [0.15, 0.2) is 0 Å². The minimum Gasteiger partial charge on any atom is -0.392 e. The zero-order valence-corrected chi connectivity index (χ0v) is 11.5. The fraction of sp³-hybridized carbons (Fsp3) is 0.600. The van der Waals surface area contributed by atoms with Crippen molar-refractivity contribution >= 4 is 34.9 Å². The fourth-order valence-electron chi connectivity index (χ4n) is 0.998. The van der Waals surface area contributed by atoms with Crippen LogP contribution in [0.15, 0.2) is 0 Å². The summed E-state index contributed by atoms with van der Waals surface area (Å²) in [5.74, 6) is -1.91. The van der Waals surface area contributed by atoms with E-state index in [4.69, 9.17) is 10.5 Å². The second kappa shape index (κ2) is 10.2. The van der Waals surface area contributed by atoms with E-state index in [-0.39, 0.29) is 30.4 Å². The van der Waals surface area contributed by atoms with E-state index in [0.29, 0.717) is 13.2 Å². The monoisotopic (exact) mass is 290 g/mol. The minimum atomic E-state index is -0.840. The summed E-state index contributed by atoms with van der Waals surface area (Å²) in [5, 5.41) is 7.11. The van der Waals surface area contributed by atoms with Crippen LogP contribution in [0.25, 0.3) is 0 Å². The molecule has 3 amide bonds. The summed E-state index contributed by atoms with van der Waals surface area (Å²) in [6.45, 7) is 0.842. The third kappa shape index (κ3) is 9.92. The van der Waals surface area contributed by atoms with Crippen LogP contribution in [-0.4, -0.2) is 56.1 Å². The molecule has 0 aliphatic heterocycles. The SMILES string of the molecule is COCCNC(=O)CCNC(=O)C(=O)NCC(N)=S. The predicted molar refractivity (Wildman–Crippen MR) is 72.3 cm³/mol. The first-order valence-corrected chi connectivity index (χ1v) is 5.98. The molecule has 0 aliphatic carbocycles. The molecule has 0 aromatic carbocycles. The van der Waals surface area contributed by atoms with Crippen LogP contribution < -0.4 is 21.7 Å². The third-order valence-electron chi connectivity index (χ3n) is 1.90. The lowest BCUT2D eigenvalue weighted by atomic mass is 10.4. The first kappa shape index (κ1) is 17.3. The van der Waals surface area contributed by atoms with Gasteiger partial charge in [-0.1, -0.05) is 12.2 Å².